The SMILES string of the molecule is c1ccc2c(c1)O[C@H]1CCC[C@H]3ON[C@@H]2[C@@H]13. The highest BCUT2D eigenvalue weighted by molar-refractivity contribution is 5.39. The van der Waals surface area contributed by atoms with E-state index >= 15 is 0 Å². The number of benzene rings is 1. The van der Waals surface area contributed by atoms with E-state index in [4.69, 9.17) is 9.57 Å². The van der Waals surface area contributed by atoms with Gasteiger partial charge in [0.05, 0.1) is 12.1 Å². The molecule has 3 aliphatic rings. The maximum Gasteiger partial charge on any atom is 0.124 e. The molecule has 2 fully saturated rings. The van der Waals surface area contributed by atoms with Crippen LogP contribution in [0.1, 0.15) is 30.9 Å². The molecule has 0 amide bonds. The summed E-state index contributed by atoms with van der Waals surface area (Å²) in [6, 6.07) is 8.65. The molecule has 1 aliphatic carbocycles. The molecular formula is C13H15NO2. The van der Waals surface area contributed by atoms with E-state index in [0.29, 0.717) is 24.2 Å². The van der Waals surface area contributed by atoms with Crippen LogP contribution in [-0.2, 0) is 4.84 Å². The monoisotopic (exact) mass is 217 g/mol. The zero-order chi connectivity index (χ0) is 10.5. The first-order valence-corrected chi connectivity index (χ1v) is 6.10. The number of ether oxygens (including phenoxy) is 1. The van der Waals surface area contributed by atoms with Crippen molar-refractivity contribution >= 4 is 0 Å². The van der Waals surface area contributed by atoms with Crippen LogP contribution in [0.4, 0.5) is 0 Å². The number of hydrogen-bond donors (Lipinski definition) is 1. The summed E-state index contributed by atoms with van der Waals surface area (Å²) in [4.78, 5) is 5.70. The van der Waals surface area contributed by atoms with Gasteiger partial charge in [0.1, 0.15) is 11.9 Å². The molecule has 4 rings (SSSR count). The molecule has 1 saturated carbocycles. The Morgan fingerprint density at radius 3 is 3.00 bits per heavy atom. The summed E-state index contributed by atoms with van der Waals surface area (Å²) < 4.78 is 6.10. The van der Waals surface area contributed by atoms with Crippen LogP contribution in [0.5, 0.6) is 5.75 Å². The van der Waals surface area contributed by atoms with Gasteiger partial charge in [-0.1, -0.05) is 18.2 Å². The van der Waals surface area contributed by atoms with Crippen LogP contribution in [0.2, 0.25) is 0 Å². The Hall–Kier alpha value is -1.06. The number of nitrogens with one attached hydrogen (secondary N) is 1. The van der Waals surface area contributed by atoms with Crippen LogP contribution < -0.4 is 10.2 Å². The lowest BCUT2D eigenvalue weighted by atomic mass is 9.76. The largest absolute Gasteiger partial charge is 0.490 e. The van der Waals surface area contributed by atoms with Gasteiger partial charge in [-0.3, -0.25) is 4.84 Å². The highest BCUT2D eigenvalue weighted by Gasteiger charge is 2.49. The van der Waals surface area contributed by atoms with Gasteiger partial charge in [0.2, 0.25) is 0 Å². The molecular weight excluding hydrogens is 202 g/mol. The molecule has 2 heterocycles. The zero-order valence-corrected chi connectivity index (χ0v) is 9.06. The maximum atomic E-state index is 6.10. The van der Waals surface area contributed by atoms with Gasteiger partial charge in [-0.05, 0) is 25.3 Å². The Kier molecular flexibility index (Phi) is 1.81. The molecule has 2 aliphatic heterocycles. The van der Waals surface area contributed by atoms with Crippen molar-refractivity contribution in [1.29, 1.82) is 0 Å². The van der Waals surface area contributed by atoms with Crippen molar-refractivity contribution in [2.75, 3.05) is 0 Å². The van der Waals surface area contributed by atoms with Gasteiger partial charge in [0.15, 0.2) is 0 Å². The van der Waals surface area contributed by atoms with E-state index in [2.05, 4.69) is 23.7 Å². The second-order valence-electron chi connectivity index (χ2n) is 4.95. The van der Waals surface area contributed by atoms with E-state index in [1.807, 2.05) is 6.07 Å². The van der Waals surface area contributed by atoms with E-state index in [-0.39, 0.29) is 0 Å². The van der Waals surface area contributed by atoms with Gasteiger partial charge in [-0.25, -0.2) is 0 Å². The van der Waals surface area contributed by atoms with Crippen molar-refractivity contribution in [3.63, 3.8) is 0 Å². The van der Waals surface area contributed by atoms with Crippen molar-refractivity contribution in [3.05, 3.63) is 29.8 Å². The minimum atomic E-state index is 0.334. The molecule has 0 bridgehead atoms. The van der Waals surface area contributed by atoms with Crippen LogP contribution in [0.3, 0.4) is 0 Å². The maximum absolute atomic E-state index is 6.10. The minimum absolute atomic E-state index is 0.334. The Morgan fingerprint density at radius 2 is 2.00 bits per heavy atom. The lowest BCUT2D eigenvalue weighted by Crippen LogP contribution is -2.42. The van der Waals surface area contributed by atoms with Crippen LogP contribution in [0.25, 0.3) is 0 Å². The normalized spacial score (nSPS) is 39.8. The molecule has 3 heteroatoms. The molecule has 1 aromatic carbocycles. The molecule has 0 spiro atoms. The smallest absolute Gasteiger partial charge is 0.124 e. The molecule has 1 N–H and O–H groups in total. The van der Waals surface area contributed by atoms with Crippen LogP contribution in [0, 0.1) is 5.92 Å². The standard InChI is InChI=1S/C13H15NO2/c1-2-5-9-8(4-1)13-12-10(15-9)6-3-7-11(12)16-14-13/h1-2,4-5,10-14H,3,6-7H2/t10-,11+,12-,13-/m0/s1. The summed E-state index contributed by atoms with van der Waals surface area (Å²) in [5, 5.41) is 0. The second kappa shape index (κ2) is 3.22. The van der Waals surface area contributed by atoms with Crippen LogP contribution in [0.15, 0.2) is 24.3 Å². The second-order valence-corrected chi connectivity index (χ2v) is 4.95. The van der Waals surface area contributed by atoms with Crippen LogP contribution >= 0.6 is 0 Å². The van der Waals surface area contributed by atoms with Crippen molar-refractivity contribution < 1.29 is 9.57 Å². The van der Waals surface area contributed by atoms with Crippen molar-refractivity contribution in [3.8, 4) is 5.75 Å². The fourth-order valence-electron chi connectivity index (χ4n) is 3.37. The van der Waals surface area contributed by atoms with Gasteiger partial charge >= 0.3 is 0 Å². The molecule has 3 nitrogen and oxygen atoms in total. The zero-order valence-electron chi connectivity index (χ0n) is 9.06. The molecule has 84 valence electrons. The summed E-state index contributed by atoms with van der Waals surface area (Å²) in [6.45, 7) is 0. The highest BCUT2D eigenvalue weighted by Crippen LogP contribution is 2.48. The Labute approximate surface area is 94.7 Å². The predicted molar refractivity (Wildman–Crippen MR) is 58.9 cm³/mol. The Bertz CT molecular complexity index is 420. The van der Waals surface area contributed by atoms with Crippen molar-refractivity contribution in [1.82, 2.24) is 5.48 Å². The number of para-hydroxylation sites is 1. The van der Waals surface area contributed by atoms with Gasteiger partial charge in [-0.2, -0.15) is 5.48 Å². The lowest BCUT2D eigenvalue weighted by molar-refractivity contribution is -0.0209. The number of rotatable bonds is 0. The molecule has 1 saturated heterocycles. The van der Waals surface area contributed by atoms with E-state index in [9.17, 15) is 0 Å². The molecule has 16 heavy (non-hydrogen) atoms. The Morgan fingerprint density at radius 1 is 1.12 bits per heavy atom. The number of fused-ring (bicyclic) bond motifs is 2. The summed E-state index contributed by atoms with van der Waals surface area (Å²) in [5.74, 6) is 1.54. The topological polar surface area (TPSA) is 30.5 Å². The van der Waals surface area contributed by atoms with Crippen molar-refractivity contribution in [2.24, 2.45) is 5.92 Å². The van der Waals surface area contributed by atoms with Gasteiger partial charge in [0.25, 0.3) is 0 Å². The summed E-state index contributed by atoms with van der Waals surface area (Å²) in [7, 11) is 0. The quantitative estimate of drug-likeness (QED) is 0.722. The molecule has 0 radical (unpaired) electrons. The number of hydroxylamine groups is 1. The van der Waals surface area contributed by atoms with E-state index in [1.165, 1.54) is 12.0 Å². The molecule has 1 aromatic rings. The molecule has 4 atom stereocenters. The minimum Gasteiger partial charge on any atom is -0.490 e. The van der Waals surface area contributed by atoms with E-state index in [0.717, 1.165) is 18.6 Å². The first-order chi connectivity index (χ1) is 7.93. The molecule has 0 aromatic heterocycles. The lowest BCUT2D eigenvalue weighted by Gasteiger charge is -2.39. The van der Waals surface area contributed by atoms with Gasteiger partial charge in [-0.15, -0.1) is 0 Å². The average molecular weight is 217 g/mol. The third-order valence-electron chi connectivity index (χ3n) is 4.10. The van der Waals surface area contributed by atoms with Crippen LogP contribution in [-0.4, -0.2) is 12.2 Å². The number of hydrogen-bond acceptors (Lipinski definition) is 3. The average Bonchev–Trinajstić information content (AvgIpc) is 2.76. The van der Waals surface area contributed by atoms with Gasteiger partial charge < -0.3 is 4.74 Å². The van der Waals surface area contributed by atoms with Gasteiger partial charge in [0, 0.05) is 11.5 Å². The first kappa shape index (κ1) is 9.02. The fourth-order valence-corrected chi connectivity index (χ4v) is 3.37. The first-order valence-electron chi connectivity index (χ1n) is 6.10. The molecule has 0 unspecified atom stereocenters. The Balaban J connectivity index is 1.82. The third-order valence-corrected chi connectivity index (χ3v) is 4.10. The summed E-state index contributed by atoms with van der Waals surface area (Å²) >= 11 is 0. The van der Waals surface area contributed by atoms with E-state index < -0.39 is 0 Å². The predicted octanol–water partition coefficient (Wildman–Crippen LogP) is 2.19. The van der Waals surface area contributed by atoms with Crippen molar-refractivity contribution in [2.45, 2.75) is 37.5 Å². The highest BCUT2D eigenvalue weighted by atomic mass is 16.7. The van der Waals surface area contributed by atoms with E-state index in [1.54, 1.807) is 0 Å². The fraction of sp³-hybridized carbons (Fsp3) is 0.538. The third kappa shape index (κ3) is 1.10. The summed E-state index contributed by atoms with van der Waals surface area (Å²) in [6.07, 6.45) is 4.22. The summed E-state index contributed by atoms with van der Waals surface area (Å²) in [5.41, 5.74) is 4.46.